The molecule has 1 rings (SSSR count). The second-order valence-corrected chi connectivity index (χ2v) is 7.65. The number of hydrogen-bond acceptors (Lipinski definition) is 6. The third-order valence-corrected chi connectivity index (χ3v) is 4.00. The molecule has 0 saturated carbocycles. The molecule has 0 aliphatic rings. The number of likely N-dealkylation sites (N-methyl/N-ethyl adjacent to an activating group) is 1. The van der Waals surface area contributed by atoms with Gasteiger partial charge in [0.1, 0.15) is 24.7 Å². The maximum Gasteiger partial charge on any atom is 0.408 e. The number of nitrogens with zero attached hydrogens (tertiary/aromatic N) is 1. The van der Waals surface area contributed by atoms with Crippen molar-refractivity contribution in [2.45, 2.75) is 46.3 Å². The Morgan fingerprint density at radius 1 is 1.10 bits per heavy atom. The summed E-state index contributed by atoms with van der Waals surface area (Å²) in [7, 11) is 1.22. The number of alkyl carbamates (subject to hydrolysis) is 1. The lowest BCUT2D eigenvalue weighted by Gasteiger charge is -2.30. The van der Waals surface area contributed by atoms with Gasteiger partial charge in [-0.15, -0.1) is 0 Å². The third kappa shape index (κ3) is 8.10. The van der Waals surface area contributed by atoms with Crippen LogP contribution in [0.1, 0.15) is 44.9 Å². The Bertz CT molecular complexity index is 772. The summed E-state index contributed by atoms with van der Waals surface area (Å²) in [5.41, 5.74) is 0.800. The molecule has 0 spiro atoms. The lowest BCUT2D eigenvalue weighted by atomic mass is 10.0. The van der Waals surface area contributed by atoms with Crippen LogP contribution < -0.4 is 10.6 Å². The van der Waals surface area contributed by atoms with E-state index in [-0.39, 0.29) is 19.6 Å². The number of methoxy groups -OCH3 is 1. The van der Waals surface area contributed by atoms with Crippen LogP contribution in [-0.4, -0.2) is 61.1 Å². The Balaban J connectivity index is 3.03. The van der Waals surface area contributed by atoms with Crippen molar-refractivity contribution in [1.29, 1.82) is 0 Å². The highest BCUT2D eigenvalue weighted by Crippen LogP contribution is 2.22. The molecule has 166 valence electrons. The van der Waals surface area contributed by atoms with E-state index < -0.39 is 35.5 Å². The van der Waals surface area contributed by atoms with E-state index in [1.54, 1.807) is 45.9 Å². The average molecular weight is 421 g/mol. The number of rotatable bonds is 8. The Kier molecular flexibility index (Phi) is 9.29. The summed E-state index contributed by atoms with van der Waals surface area (Å²) in [5, 5.41) is 4.91. The van der Waals surface area contributed by atoms with Crippen molar-refractivity contribution in [1.82, 2.24) is 15.5 Å². The van der Waals surface area contributed by atoms with E-state index in [1.807, 2.05) is 13.0 Å². The molecule has 0 fully saturated rings. The van der Waals surface area contributed by atoms with Crippen LogP contribution in [0.25, 0.3) is 0 Å². The first-order chi connectivity index (χ1) is 14.0. The molecule has 0 bridgehead atoms. The lowest BCUT2D eigenvalue weighted by Crippen LogP contribution is -2.48. The second kappa shape index (κ2) is 11.2. The van der Waals surface area contributed by atoms with E-state index >= 15 is 0 Å². The van der Waals surface area contributed by atoms with Gasteiger partial charge in [0.05, 0.1) is 7.11 Å². The summed E-state index contributed by atoms with van der Waals surface area (Å²) in [6, 6.07) is 6.19. The summed E-state index contributed by atoms with van der Waals surface area (Å²) < 4.78 is 9.68. The van der Waals surface area contributed by atoms with Gasteiger partial charge >= 0.3 is 12.1 Å². The maximum absolute atomic E-state index is 12.9. The van der Waals surface area contributed by atoms with Crippen molar-refractivity contribution in [3.05, 3.63) is 35.4 Å². The number of esters is 1. The fraction of sp³-hybridized carbons (Fsp3) is 0.524. The molecule has 9 nitrogen and oxygen atoms in total. The fourth-order valence-corrected chi connectivity index (χ4v) is 2.71. The first kappa shape index (κ1) is 24.9. The number of nitrogens with one attached hydrogen (secondary N) is 2. The van der Waals surface area contributed by atoms with Gasteiger partial charge in [-0.05, 0) is 40.2 Å². The summed E-state index contributed by atoms with van der Waals surface area (Å²) in [5.74, 6) is -1.60. The molecule has 9 heteroatoms. The van der Waals surface area contributed by atoms with Gasteiger partial charge in [0.15, 0.2) is 0 Å². The molecule has 0 heterocycles. The van der Waals surface area contributed by atoms with Gasteiger partial charge in [0, 0.05) is 6.54 Å². The molecule has 2 N–H and O–H groups in total. The molecule has 0 aromatic heterocycles. The van der Waals surface area contributed by atoms with Crippen molar-refractivity contribution in [3.63, 3.8) is 0 Å². The molecular formula is C21H31N3O6. The van der Waals surface area contributed by atoms with Gasteiger partial charge in [-0.1, -0.05) is 29.8 Å². The molecule has 30 heavy (non-hydrogen) atoms. The highest BCUT2D eigenvalue weighted by atomic mass is 16.6. The van der Waals surface area contributed by atoms with Crippen LogP contribution in [-0.2, 0) is 23.9 Å². The molecular weight excluding hydrogens is 390 g/mol. The first-order valence-electron chi connectivity index (χ1n) is 9.66. The SMILES string of the molecule is CCN(C(=O)CNC(=O)OC(C)(C)C)C(C(=O)NCC(=O)OC)c1cccc(C)c1. The topological polar surface area (TPSA) is 114 Å². The van der Waals surface area contributed by atoms with E-state index in [9.17, 15) is 19.2 Å². The number of amides is 3. The highest BCUT2D eigenvalue weighted by Gasteiger charge is 2.31. The van der Waals surface area contributed by atoms with Gasteiger partial charge < -0.3 is 25.0 Å². The molecule has 1 atom stereocenters. The molecule has 1 aromatic carbocycles. The Labute approximate surface area is 177 Å². The van der Waals surface area contributed by atoms with Gasteiger partial charge in [-0.3, -0.25) is 14.4 Å². The molecule has 1 aromatic rings. The minimum absolute atomic E-state index is 0.207. The Morgan fingerprint density at radius 2 is 1.77 bits per heavy atom. The van der Waals surface area contributed by atoms with Crippen molar-refractivity contribution in [2.75, 3.05) is 26.7 Å². The molecule has 0 saturated heterocycles. The minimum atomic E-state index is -0.979. The minimum Gasteiger partial charge on any atom is -0.468 e. The summed E-state index contributed by atoms with van der Waals surface area (Å²) in [4.78, 5) is 50.3. The van der Waals surface area contributed by atoms with Gasteiger partial charge in [-0.25, -0.2) is 4.79 Å². The molecule has 1 unspecified atom stereocenters. The van der Waals surface area contributed by atoms with Gasteiger partial charge in [0.25, 0.3) is 0 Å². The number of carbonyl (C=O) groups excluding carboxylic acids is 4. The number of carbonyl (C=O) groups is 4. The van der Waals surface area contributed by atoms with E-state index in [1.165, 1.54) is 12.0 Å². The first-order valence-corrected chi connectivity index (χ1v) is 9.66. The largest absolute Gasteiger partial charge is 0.468 e. The number of benzene rings is 1. The molecule has 0 radical (unpaired) electrons. The summed E-state index contributed by atoms with van der Waals surface area (Å²) >= 11 is 0. The van der Waals surface area contributed by atoms with E-state index in [0.717, 1.165) is 5.56 Å². The van der Waals surface area contributed by atoms with Crippen molar-refractivity contribution >= 4 is 23.9 Å². The second-order valence-electron chi connectivity index (χ2n) is 7.65. The van der Waals surface area contributed by atoms with Crippen LogP contribution in [0, 0.1) is 6.92 Å². The molecule has 0 aliphatic heterocycles. The normalized spacial score (nSPS) is 11.8. The van der Waals surface area contributed by atoms with E-state index in [4.69, 9.17) is 4.74 Å². The van der Waals surface area contributed by atoms with Crippen LogP contribution in [0.4, 0.5) is 4.79 Å². The van der Waals surface area contributed by atoms with Crippen LogP contribution >= 0.6 is 0 Å². The predicted octanol–water partition coefficient (Wildman–Crippen LogP) is 1.70. The number of aryl methyl sites for hydroxylation is 1. The van der Waals surface area contributed by atoms with Crippen molar-refractivity contribution in [3.8, 4) is 0 Å². The van der Waals surface area contributed by atoms with Crippen LogP contribution in [0.5, 0.6) is 0 Å². The molecule has 0 aliphatic carbocycles. The van der Waals surface area contributed by atoms with Crippen LogP contribution in [0.2, 0.25) is 0 Å². The number of ether oxygens (including phenoxy) is 2. The molecule has 3 amide bonds. The summed E-state index contributed by atoms with van der Waals surface area (Å²) in [6.45, 7) is 8.29. The summed E-state index contributed by atoms with van der Waals surface area (Å²) in [6.07, 6.45) is -0.728. The Hall–Kier alpha value is -3.10. The highest BCUT2D eigenvalue weighted by molar-refractivity contribution is 5.91. The third-order valence-electron chi connectivity index (χ3n) is 4.00. The Morgan fingerprint density at radius 3 is 2.30 bits per heavy atom. The standard InChI is InChI=1S/C21H31N3O6/c1-7-24(16(25)12-23-20(28)30-21(3,4)5)18(15-10-8-9-14(2)11-15)19(27)22-13-17(26)29-6/h8-11,18H,7,12-13H2,1-6H3,(H,22,27)(H,23,28). The van der Waals surface area contributed by atoms with Crippen molar-refractivity contribution < 1.29 is 28.7 Å². The zero-order chi connectivity index (χ0) is 22.9. The fourth-order valence-electron chi connectivity index (χ4n) is 2.71. The zero-order valence-electron chi connectivity index (χ0n) is 18.4. The smallest absolute Gasteiger partial charge is 0.408 e. The average Bonchev–Trinajstić information content (AvgIpc) is 2.66. The monoisotopic (exact) mass is 421 g/mol. The van der Waals surface area contributed by atoms with Gasteiger partial charge in [0.2, 0.25) is 11.8 Å². The quantitative estimate of drug-likeness (QED) is 0.618. The lowest BCUT2D eigenvalue weighted by molar-refractivity contribution is -0.143. The van der Waals surface area contributed by atoms with Gasteiger partial charge in [-0.2, -0.15) is 0 Å². The van der Waals surface area contributed by atoms with E-state index in [0.29, 0.717) is 5.56 Å². The van der Waals surface area contributed by atoms with Crippen LogP contribution in [0.3, 0.4) is 0 Å². The van der Waals surface area contributed by atoms with Crippen LogP contribution in [0.15, 0.2) is 24.3 Å². The maximum atomic E-state index is 12.9. The van der Waals surface area contributed by atoms with E-state index in [2.05, 4.69) is 15.4 Å². The van der Waals surface area contributed by atoms with Crippen molar-refractivity contribution in [2.24, 2.45) is 0 Å². The predicted molar refractivity (Wildman–Crippen MR) is 111 cm³/mol. The number of hydrogen-bond donors (Lipinski definition) is 2. The zero-order valence-corrected chi connectivity index (χ0v) is 18.4.